The van der Waals surface area contributed by atoms with Crippen LogP contribution in [0.25, 0.3) is 0 Å². The number of carbonyl (C=O) groups excluding carboxylic acids is 1. The molecule has 102 valence electrons. The van der Waals surface area contributed by atoms with E-state index in [0.29, 0.717) is 31.8 Å². The second-order valence-electron chi connectivity index (χ2n) is 4.37. The van der Waals surface area contributed by atoms with Crippen LogP contribution in [-0.2, 0) is 4.79 Å². The Morgan fingerprint density at radius 2 is 1.88 bits per heavy atom. The molecule has 0 aliphatic carbocycles. The molecule has 2 N–H and O–H groups in total. The molecule has 0 bridgehead atoms. The van der Waals surface area contributed by atoms with Crippen LogP contribution in [0.1, 0.15) is 26.2 Å². The second-order valence-corrected chi connectivity index (χ2v) is 4.37. The fraction of sp³-hybridized carbons (Fsp3) is 0.900. The van der Waals surface area contributed by atoms with Crippen molar-refractivity contribution in [2.75, 3.05) is 13.1 Å². The first-order valence-corrected chi connectivity index (χ1v) is 5.39. The Hall–Kier alpha value is -0.490. The summed E-state index contributed by atoms with van der Waals surface area (Å²) in [6.45, 7) is 2.67. The first kappa shape index (κ1) is 16.5. The van der Waals surface area contributed by atoms with Gasteiger partial charge in [-0.1, -0.05) is 0 Å². The van der Waals surface area contributed by atoms with Gasteiger partial charge < -0.3 is 10.6 Å². The van der Waals surface area contributed by atoms with E-state index in [-0.39, 0.29) is 18.4 Å². The lowest BCUT2D eigenvalue weighted by Gasteiger charge is -2.33. The van der Waals surface area contributed by atoms with E-state index in [1.807, 2.05) is 6.92 Å². The van der Waals surface area contributed by atoms with Crippen molar-refractivity contribution in [1.29, 1.82) is 0 Å². The fourth-order valence-electron chi connectivity index (χ4n) is 1.96. The molecule has 1 fully saturated rings. The van der Waals surface area contributed by atoms with Crippen LogP contribution >= 0.6 is 12.4 Å². The fourth-order valence-corrected chi connectivity index (χ4v) is 1.96. The normalized spacial score (nSPS) is 19.7. The Kier molecular flexibility index (Phi) is 6.26. The van der Waals surface area contributed by atoms with E-state index in [1.165, 1.54) is 4.90 Å². The van der Waals surface area contributed by atoms with E-state index in [4.69, 9.17) is 5.73 Å². The lowest BCUT2D eigenvalue weighted by Crippen LogP contribution is -2.43. The van der Waals surface area contributed by atoms with Crippen molar-refractivity contribution in [3.8, 4) is 0 Å². The average Bonchev–Trinajstić information content (AvgIpc) is 2.15. The maximum Gasteiger partial charge on any atom is 0.397 e. The predicted octanol–water partition coefficient (Wildman–Crippen LogP) is 1.95. The Bertz CT molecular complexity index is 250. The topological polar surface area (TPSA) is 46.3 Å². The van der Waals surface area contributed by atoms with Crippen molar-refractivity contribution in [1.82, 2.24) is 4.90 Å². The summed E-state index contributed by atoms with van der Waals surface area (Å²) >= 11 is 0. The average molecular weight is 275 g/mol. The molecular weight excluding hydrogens is 257 g/mol. The summed E-state index contributed by atoms with van der Waals surface area (Å²) in [4.78, 5) is 12.5. The zero-order valence-electron chi connectivity index (χ0n) is 9.67. The molecule has 1 saturated heterocycles. The third kappa shape index (κ3) is 5.59. The Morgan fingerprint density at radius 3 is 2.24 bits per heavy atom. The van der Waals surface area contributed by atoms with Crippen molar-refractivity contribution in [2.45, 2.75) is 38.4 Å². The van der Waals surface area contributed by atoms with Gasteiger partial charge in [-0.2, -0.15) is 13.2 Å². The number of nitrogens with zero attached hydrogens (tertiary/aromatic N) is 1. The summed E-state index contributed by atoms with van der Waals surface area (Å²) in [7, 11) is 0. The molecule has 1 aliphatic heterocycles. The number of halogens is 4. The van der Waals surface area contributed by atoms with E-state index in [1.54, 1.807) is 0 Å². The third-order valence-electron chi connectivity index (χ3n) is 2.99. The summed E-state index contributed by atoms with van der Waals surface area (Å²) in [5.74, 6) is -0.509. The molecule has 1 unspecified atom stereocenters. The highest BCUT2D eigenvalue weighted by molar-refractivity contribution is 5.85. The maximum absolute atomic E-state index is 12.0. The van der Waals surface area contributed by atoms with Crippen LogP contribution in [0, 0.1) is 5.92 Å². The van der Waals surface area contributed by atoms with Gasteiger partial charge in [0.05, 0.1) is 0 Å². The molecule has 1 aliphatic rings. The molecule has 0 aromatic carbocycles. The molecule has 17 heavy (non-hydrogen) atoms. The van der Waals surface area contributed by atoms with Crippen molar-refractivity contribution in [3.63, 3.8) is 0 Å². The second kappa shape index (κ2) is 6.44. The minimum atomic E-state index is -4.41. The number of rotatable bonds is 2. The number of hydrogen-bond donors (Lipinski definition) is 1. The smallest absolute Gasteiger partial charge is 0.342 e. The van der Waals surface area contributed by atoms with Gasteiger partial charge in [0, 0.05) is 19.1 Å². The van der Waals surface area contributed by atoms with E-state index in [9.17, 15) is 18.0 Å². The summed E-state index contributed by atoms with van der Waals surface area (Å²) < 4.78 is 36.0. The SMILES string of the molecule is CC(N)C1CCN(C(=O)CC(F)(F)F)CC1.Cl. The molecule has 1 atom stereocenters. The first-order valence-electron chi connectivity index (χ1n) is 5.39. The van der Waals surface area contributed by atoms with Gasteiger partial charge in [0.15, 0.2) is 0 Å². The van der Waals surface area contributed by atoms with Crippen LogP contribution in [0.5, 0.6) is 0 Å². The van der Waals surface area contributed by atoms with Gasteiger partial charge in [0.25, 0.3) is 0 Å². The Labute approximate surface area is 105 Å². The molecule has 3 nitrogen and oxygen atoms in total. The van der Waals surface area contributed by atoms with Crippen LogP contribution in [0.4, 0.5) is 13.2 Å². The summed E-state index contributed by atoms with van der Waals surface area (Å²) in [6, 6.07) is 0.0415. The lowest BCUT2D eigenvalue weighted by molar-refractivity contribution is -0.162. The van der Waals surface area contributed by atoms with Crippen molar-refractivity contribution >= 4 is 18.3 Å². The third-order valence-corrected chi connectivity index (χ3v) is 2.99. The van der Waals surface area contributed by atoms with Gasteiger partial charge in [-0.15, -0.1) is 12.4 Å². The lowest BCUT2D eigenvalue weighted by atomic mass is 9.91. The standard InChI is InChI=1S/C10H17F3N2O.ClH/c1-7(14)8-2-4-15(5-3-8)9(16)6-10(11,12)13;/h7-8H,2-6,14H2,1H3;1H. The zero-order valence-corrected chi connectivity index (χ0v) is 10.5. The highest BCUT2D eigenvalue weighted by atomic mass is 35.5. The van der Waals surface area contributed by atoms with E-state index >= 15 is 0 Å². The minimum absolute atomic E-state index is 0. The van der Waals surface area contributed by atoms with Gasteiger partial charge in [-0.3, -0.25) is 4.79 Å². The molecule has 0 aromatic heterocycles. The maximum atomic E-state index is 12.0. The molecular formula is C10H18ClF3N2O. The van der Waals surface area contributed by atoms with Gasteiger partial charge in [0.2, 0.25) is 5.91 Å². The molecule has 1 amide bonds. The van der Waals surface area contributed by atoms with Gasteiger partial charge in [0.1, 0.15) is 6.42 Å². The zero-order chi connectivity index (χ0) is 12.3. The molecule has 1 heterocycles. The monoisotopic (exact) mass is 274 g/mol. The number of alkyl halides is 3. The van der Waals surface area contributed by atoms with Crippen molar-refractivity contribution in [3.05, 3.63) is 0 Å². The van der Waals surface area contributed by atoms with Crippen LogP contribution in [0.2, 0.25) is 0 Å². The number of hydrogen-bond acceptors (Lipinski definition) is 2. The van der Waals surface area contributed by atoms with Crippen LogP contribution in [0.3, 0.4) is 0 Å². The van der Waals surface area contributed by atoms with Gasteiger partial charge >= 0.3 is 6.18 Å². The minimum Gasteiger partial charge on any atom is -0.342 e. The van der Waals surface area contributed by atoms with E-state index < -0.39 is 18.5 Å². The van der Waals surface area contributed by atoms with Gasteiger partial charge in [-0.05, 0) is 25.7 Å². The Morgan fingerprint density at radius 1 is 1.41 bits per heavy atom. The first-order chi connectivity index (χ1) is 7.29. The van der Waals surface area contributed by atoms with Crippen LogP contribution in [-0.4, -0.2) is 36.1 Å². The molecule has 1 rings (SSSR count). The number of carbonyl (C=O) groups is 1. The summed E-state index contributed by atoms with van der Waals surface area (Å²) in [6.07, 6.45) is -4.37. The Balaban J connectivity index is 0.00000256. The van der Waals surface area contributed by atoms with Crippen LogP contribution < -0.4 is 5.73 Å². The molecule has 0 spiro atoms. The quantitative estimate of drug-likeness (QED) is 0.837. The highest BCUT2D eigenvalue weighted by Crippen LogP contribution is 2.24. The number of nitrogens with two attached hydrogens (primary N) is 1. The number of likely N-dealkylation sites (tertiary alicyclic amines) is 1. The molecule has 0 saturated carbocycles. The molecule has 0 aromatic rings. The van der Waals surface area contributed by atoms with Gasteiger partial charge in [-0.25, -0.2) is 0 Å². The summed E-state index contributed by atoms with van der Waals surface area (Å²) in [5, 5.41) is 0. The largest absolute Gasteiger partial charge is 0.397 e. The van der Waals surface area contributed by atoms with E-state index in [2.05, 4.69) is 0 Å². The number of amides is 1. The molecule has 7 heteroatoms. The highest BCUT2D eigenvalue weighted by Gasteiger charge is 2.34. The summed E-state index contributed by atoms with van der Waals surface area (Å²) in [5.41, 5.74) is 5.71. The molecule has 0 radical (unpaired) electrons. The predicted molar refractivity (Wildman–Crippen MR) is 60.9 cm³/mol. The van der Waals surface area contributed by atoms with Crippen molar-refractivity contribution < 1.29 is 18.0 Å². The van der Waals surface area contributed by atoms with Crippen LogP contribution in [0.15, 0.2) is 0 Å². The van der Waals surface area contributed by atoms with E-state index in [0.717, 1.165) is 0 Å². The van der Waals surface area contributed by atoms with Crippen molar-refractivity contribution in [2.24, 2.45) is 11.7 Å². The number of piperidine rings is 1.